The summed E-state index contributed by atoms with van der Waals surface area (Å²) in [5.74, 6) is -0.755. The quantitative estimate of drug-likeness (QED) is 0.765. The number of rotatable bonds is 5. The molecule has 0 aromatic heterocycles. The van der Waals surface area contributed by atoms with Crippen molar-refractivity contribution in [1.82, 2.24) is 4.72 Å². The fourth-order valence-corrected chi connectivity index (χ4v) is 2.22. The highest BCUT2D eigenvalue weighted by molar-refractivity contribution is 7.88. The Labute approximate surface area is 87.8 Å². The van der Waals surface area contributed by atoms with Crippen molar-refractivity contribution in [2.45, 2.75) is 5.75 Å². The van der Waals surface area contributed by atoms with E-state index in [4.69, 9.17) is 5.11 Å². The van der Waals surface area contributed by atoms with Crippen molar-refractivity contribution >= 4 is 10.0 Å². The topological polar surface area (TPSA) is 66.4 Å². The minimum absolute atomic E-state index is 0.0301. The molecule has 2 N–H and O–H groups in total. The van der Waals surface area contributed by atoms with E-state index in [1.54, 1.807) is 0 Å². The van der Waals surface area contributed by atoms with Gasteiger partial charge in [-0.3, -0.25) is 0 Å². The lowest BCUT2D eigenvalue weighted by atomic mass is 10.2. The Bertz CT molecular complexity index is 419. The van der Waals surface area contributed by atoms with Gasteiger partial charge in [0.05, 0.1) is 12.4 Å². The average molecular weight is 233 g/mol. The van der Waals surface area contributed by atoms with Gasteiger partial charge in [0.1, 0.15) is 5.82 Å². The van der Waals surface area contributed by atoms with Gasteiger partial charge in [0, 0.05) is 6.54 Å². The first kappa shape index (κ1) is 12.1. The number of hydrogen-bond donors (Lipinski definition) is 2. The first-order chi connectivity index (χ1) is 7.03. The summed E-state index contributed by atoms with van der Waals surface area (Å²) in [6.07, 6.45) is 0. The third kappa shape index (κ3) is 4.37. The van der Waals surface area contributed by atoms with Crippen LogP contribution in [-0.2, 0) is 15.8 Å². The van der Waals surface area contributed by atoms with Gasteiger partial charge in [0.25, 0.3) is 0 Å². The molecule has 0 amide bonds. The summed E-state index contributed by atoms with van der Waals surface area (Å²) in [5.41, 5.74) is 0.375. The minimum atomic E-state index is -3.49. The Morgan fingerprint density at radius 3 is 2.73 bits per heavy atom. The molecule has 0 radical (unpaired) electrons. The Hall–Kier alpha value is -0.980. The van der Waals surface area contributed by atoms with Gasteiger partial charge in [-0.15, -0.1) is 0 Å². The normalized spacial score (nSPS) is 11.6. The molecule has 0 fully saturated rings. The standard InChI is InChI=1S/C9H12FNO3S/c10-9-3-1-2-8(6-9)7-15(13,14)11-4-5-12/h1-3,6,11-12H,4-5,7H2. The number of hydrogen-bond acceptors (Lipinski definition) is 3. The van der Waals surface area contributed by atoms with Crippen LogP contribution in [0.4, 0.5) is 4.39 Å². The lowest BCUT2D eigenvalue weighted by molar-refractivity contribution is 0.301. The number of aliphatic hydroxyl groups excluding tert-OH is 1. The molecule has 0 aliphatic carbocycles. The molecule has 0 spiro atoms. The summed E-state index contributed by atoms with van der Waals surface area (Å²) < 4.78 is 37.6. The van der Waals surface area contributed by atoms with Crippen LogP contribution >= 0.6 is 0 Å². The van der Waals surface area contributed by atoms with Crippen molar-refractivity contribution in [3.63, 3.8) is 0 Å². The SMILES string of the molecule is O=S(=O)(Cc1cccc(F)c1)NCCO. The summed E-state index contributed by atoms with van der Waals surface area (Å²) in [6, 6.07) is 5.39. The molecule has 0 bridgehead atoms. The van der Waals surface area contributed by atoms with E-state index < -0.39 is 15.8 Å². The van der Waals surface area contributed by atoms with Gasteiger partial charge in [-0.1, -0.05) is 12.1 Å². The first-order valence-electron chi connectivity index (χ1n) is 4.36. The second-order valence-corrected chi connectivity index (χ2v) is 4.81. The second kappa shape index (κ2) is 5.20. The molecule has 0 aliphatic heterocycles. The van der Waals surface area contributed by atoms with E-state index in [1.165, 1.54) is 18.2 Å². The van der Waals surface area contributed by atoms with Gasteiger partial charge in [-0.05, 0) is 17.7 Å². The van der Waals surface area contributed by atoms with Crippen molar-refractivity contribution < 1.29 is 17.9 Å². The molecule has 1 aromatic rings. The maximum absolute atomic E-state index is 12.7. The maximum Gasteiger partial charge on any atom is 0.215 e. The smallest absolute Gasteiger partial charge is 0.215 e. The van der Waals surface area contributed by atoms with Crippen LogP contribution in [0.15, 0.2) is 24.3 Å². The summed E-state index contributed by atoms with van der Waals surface area (Å²) in [6.45, 7) is -0.292. The van der Waals surface area contributed by atoms with Gasteiger partial charge >= 0.3 is 0 Å². The largest absolute Gasteiger partial charge is 0.395 e. The number of sulfonamides is 1. The third-order valence-corrected chi connectivity index (χ3v) is 3.04. The molecule has 0 aliphatic rings. The van der Waals surface area contributed by atoms with Gasteiger partial charge in [0.2, 0.25) is 10.0 Å². The highest BCUT2D eigenvalue weighted by atomic mass is 32.2. The summed E-state index contributed by atoms with van der Waals surface area (Å²) in [5, 5.41) is 8.45. The van der Waals surface area contributed by atoms with E-state index in [0.717, 1.165) is 6.07 Å². The molecule has 15 heavy (non-hydrogen) atoms. The van der Waals surface area contributed by atoms with Crippen molar-refractivity contribution in [1.29, 1.82) is 0 Å². The number of nitrogens with one attached hydrogen (secondary N) is 1. The minimum Gasteiger partial charge on any atom is -0.395 e. The monoisotopic (exact) mass is 233 g/mol. The van der Waals surface area contributed by atoms with Crippen LogP contribution in [-0.4, -0.2) is 26.7 Å². The molecule has 1 rings (SSSR count). The molecule has 0 saturated heterocycles. The second-order valence-electron chi connectivity index (χ2n) is 3.01. The molecule has 0 atom stereocenters. The van der Waals surface area contributed by atoms with Crippen molar-refractivity contribution in [3.8, 4) is 0 Å². The fourth-order valence-electron chi connectivity index (χ4n) is 1.10. The zero-order chi connectivity index (χ0) is 11.3. The van der Waals surface area contributed by atoms with Crippen LogP contribution in [0.1, 0.15) is 5.56 Å². The van der Waals surface area contributed by atoms with Crippen molar-refractivity contribution in [2.75, 3.05) is 13.2 Å². The Morgan fingerprint density at radius 2 is 2.13 bits per heavy atom. The molecule has 84 valence electrons. The number of benzene rings is 1. The lowest BCUT2D eigenvalue weighted by Gasteiger charge is -2.05. The molecule has 1 aromatic carbocycles. The van der Waals surface area contributed by atoms with E-state index in [0.29, 0.717) is 5.56 Å². The van der Waals surface area contributed by atoms with Crippen LogP contribution in [0.5, 0.6) is 0 Å². The fraction of sp³-hybridized carbons (Fsp3) is 0.333. The van der Waals surface area contributed by atoms with E-state index >= 15 is 0 Å². The van der Waals surface area contributed by atoms with Crippen molar-refractivity contribution in [2.24, 2.45) is 0 Å². The predicted octanol–water partition coefficient (Wildman–Crippen LogP) is 0.237. The highest BCUT2D eigenvalue weighted by Gasteiger charge is 2.10. The zero-order valence-electron chi connectivity index (χ0n) is 7.98. The molecule has 0 unspecified atom stereocenters. The van der Waals surface area contributed by atoms with Crippen LogP contribution in [0.2, 0.25) is 0 Å². The predicted molar refractivity (Wildman–Crippen MR) is 54.1 cm³/mol. The molecule has 4 nitrogen and oxygen atoms in total. The van der Waals surface area contributed by atoms with E-state index in [2.05, 4.69) is 4.72 Å². The maximum atomic E-state index is 12.7. The van der Waals surface area contributed by atoms with Crippen LogP contribution in [0.3, 0.4) is 0 Å². The van der Waals surface area contributed by atoms with Gasteiger partial charge in [-0.2, -0.15) is 0 Å². The third-order valence-electron chi connectivity index (χ3n) is 1.68. The molecular weight excluding hydrogens is 221 g/mol. The average Bonchev–Trinajstić information content (AvgIpc) is 2.14. The Kier molecular flexibility index (Phi) is 4.19. The molecule has 6 heteroatoms. The molecule has 0 heterocycles. The number of aliphatic hydroxyl groups is 1. The Morgan fingerprint density at radius 1 is 1.40 bits per heavy atom. The zero-order valence-corrected chi connectivity index (χ0v) is 8.80. The van der Waals surface area contributed by atoms with E-state index in [-0.39, 0.29) is 18.9 Å². The highest BCUT2D eigenvalue weighted by Crippen LogP contribution is 2.06. The van der Waals surface area contributed by atoms with Gasteiger partial charge < -0.3 is 5.11 Å². The summed E-state index contributed by atoms with van der Waals surface area (Å²) in [4.78, 5) is 0. The first-order valence-corrected chi connectivity index (χ1v) is 6.01. The summed E-state index contributed by atoms with van der Waals surface area (Å²) >= 11 is 0. The van der Waals surface area contributed by atoms with Gasteiger partial charge in [-0.25, -0.2) is 17.5 Å². The van der Waals surface area contributed by atoms with E-state index in [1.807, 2.05) is 0 Å². The van der Waals surface area contributed by atoms with Crippen LogP contribution in [0, 0.1) is 5.82 Å². The molecule has 0 saturated carbocycles. The summed E-state index contributed by atoms with van der Waals surface area (Å²) in [7, 11) is -3.49. The molecular formula is C9H12FNO3S. The van der Waals surface area contributed by atoms with Gasteiger partial charge in [0.15, 0.2) is 0 Å². The van der Waals surface area contributed by atoms with Crippen LogP contribution < -0.4 is 4.72 Å². The van der Waals surface area contributed by atoms with E-state index in [9.17, 15) is 12.8 Å². The Balaban J connectivity index is 2.69. The number of halogens is 1. The lowest BCUT2D eigenvalue weighted by Crippen LogP contribution is -2.27. The van der Waals surface area contributed by atoms with Crippen molar-refractivity contribution in [3.05, 3.63) is 35.6 Å². The van der Waals surface area contributed by atoms with Crippen LogP contribution in [0.25, 0.3) is 0 Å².